The van der Waals surface area contributed by atoms with E-state index >= 15 is 0 Å². The normalized spacial score (nSPS) is 19.1. The summed E-state index contributed by atoms with van der Waals surface area (Å²) in [6.45, 7) is 0. The molecule has 0 heterocycles. The van der Waals surface area contributed by atoms with Crippen molar-refractivity contribution in [1.29, 1.82) is 0 Å². The molecule has 0 unspecified atom stereocenters. The van der Waals surface area contributed by atoms with Crippen LogP contribution in [-0.4, -0.2) is 35.3 Å². The Kier molecular flexibility index (Phi) is 3.99. The average Bonchev–Trinajstić information content (AvgIpc) is 1.86. The van der Waals surface area contributed by atoms with E-state index in [9.17, 15) is 4.79 Å². The Morgan fingerprint density at radius 2 is 1.57 bits per heavy atom. The summed E-state index contributed by atoms with van der Waals surface area (Å²) < 4.78 is 0. The molecule has 0 aromatic heterocycles. The van der Waals surface area contributed by atoms with E-state index in [-0.39, 0.29) is 29.6 Å². The maximum absolute atomic E-state index is 10.2. The first kappa shape index (κ1) is 7.67. The van der Waals surface area contributed by atoms with Gasteiger partial charge in [0.25, 0.3) is 0 Å². The molecule has 1 rings (SSSR count). The summed E-state index contributed by atoms with van der Waals surface area (Å²) in [4.78, 5) is 10.2. The molecule has 1 aliphatic carbocycles. The average molecular weight is 108 g/mol. The molecule has 0 aromatic rings. The van der Waals surface area contributed by atoms with Crippen molar-refractivity contribution in [2.75, 3.05) is 0 Å². The van der Waals surface area contributed by atoms with Crippen molar-refractivity contribution < 1.29 is 4.79 Å². The summed E-state index contributed by atoms with van der Waals surface area (Å²) in [5, 5.41) is 0. The number of carbonyl (C=O) groups excluding carboxylic acids is 1. The molecule has 0 amide bonds. The van der Waals surface area contributed by atoms with Gasteiger partial charge in [0, 0.05) is 12.8 Å². The number of ketones is 1. The van der Waals surface area contributed by atoms with E-state index in [4.69, 9.17) is 0 Å². The van der Waals surface area contributed by atoms with E-state index in [1.54, 1.807) is 0 Å². The number of Topliss-reactive ketones (excluding diaryl/α,β-unsaturated/α-hetero) is 1. The molecule has 1 saturated carbocycles. The van der Waals surface area contributed by atoms with Crippen molar-refractivity contribution in [3.05, 3.63) is 0 Å². The third-order valence-electron chi connectivity index (χ3n) is 1.16. The van der Waals surface area contributed by atoms with Crippen molar-refractivity contribution >= 4 is 35.3 Å². The summed E-state index contributed by atoms with van der Waals surface area (Å²) in [5.74, 6) is 0.454. The van der Waals surface area contributed by atoms with Crippen LogP contribution in [0.4, 0.5) is 0 Å². The Balaban J connectivity index is 0.000000360. The van der Waals surface area contributed by atoms with Gasteiger partial charge >= 0.3 is 29.6 Å². The van der Waals surface area contributed by atoms with Crippen LogP contribution in [0.25, 0.3) is 0 Å². The fourth-order valence-electron chi connectivity index (χ4n) is 0.769. The van der Waals surface area contributed by atoms with Crippen molar-refractivity contribution in [2.24, 2.45) is 0 Å². The molecular weight excluding hydrogens is 99.0 g/mol. The van der Waals surface area contributed by atoms with Crippen molar-refractivity contribution in [1.82, 2.24) is 0 Å². The van der Waals surface area contributed by atoms with Crippen LogP contribution in [0, 0.1) is 0 Å². The van der Waals surface area contributed by atoms with Crippen LogP contribution < -0.4 is 0 Å². The van der Waals surface area contributed by atoms with Crippen molar-refractivity contribution in [3.63, 3.8) is 0 Å². The molecule has 2 heteroatoms. The van der Waals surface area contributed by atoms with E-state index in [1.807, 2.05) is 0 Å². The summed E-state index contributed by atoms with van der Waals surface area (Å²) in [6, 6.07) is 0. The van der Waals surface area contributed by atoms with Crippen LogP contribution in [0.5, 0.6) is 0 Å². The molecule has 1 fully saturated rings. The number of rotatable bonds is 0. The third kappa shape index (κ3) is 2.47. The molecule has 0 bridgehead atoms. The fourth-order valence-corrected chi connectivity index (χ4v) is 0.769. The first-order valence-corrected chi connectivity index (χ1v) is 2.41. The van der Waals surface area contributed by atoms with Crippen LogP contribution in [0.1, 0.15) is 25.7 Å². The summed E-state index contributed by atoms with van der Waals surface area (Å²) >= 11 is 0. The summed E-state index contributed by atoms with van der Waals surface area (Å²) in [7, 11) is 0. The van der Waals surface area contributed by atoms with Crippen LogP contribution in [0.2, 0.25) is 0 Å². The predicted octanol–water partition coefficient (Wildman–Crippen LogP) is 0.481. The van der Waals surface area contributed by atoms with Gasteiger partial charge in [-0.05, 0) is 12.8 Å². The van der Waals surface area contributed by atoms with Crippen LogP contribution in [-0.2, 0) is 4.79 Å². The molecule has 7 heavy (non-hydrogen) atoms. The van der Waals surface area contributed by atoms with Crippen LogP contribution in [0.15, 0.2) is 0 Å². The van der Waals surface area contributed by atoms with Crippen molar-refractivity contribution in [3.8, 4) is 0 Å². The zero-order chi connectivity index (χ0) is 4.41. The molecule has 0 atom stereocenters. The Hall–Kier alpha value is 0.670. The van der Waals surface area contributed by atoms with Gasteiger partial charge in [-0.25, -0.2) is 0 Å². The second-order valence-corrected chi connectivity index (χ2v) is 1.75. The van der Waals surface area contributed by atoms with Gasteiger partial charge in [-0.1, -0.05) is 0 Å². The molecule has 0 N–H and O–H groups in total. The zero-order valence-corrected chi connectivity index (χ0v) is 3.74. The Labute approximate surface area is 65.8 Å². The second-order valence-electron chi connectivity index (χ2n) is 1.75. The number of hydrogen-bond donors (Lipinski definition) is 0. The molecule has 0 spiro atoms. The van der Waals surface area contributed by atoms with Gasteiger partial charge in [-0.2, -0.15) is 0 Å². The quantitative estimate of drug-likeness (QED) is 0.412. The van der Waals surface area contributed by atoms with Crippen LogP contribution >= 0.6 is 0 Å². The molecular formula is C5H9NaO. The molecule has 0 aromatic carbocycles. The third-order valence-corrected chi connectivity index (χ3v) is 1.16. The second kappa shape index (κ2) is 3.65. The van der Waals surface area contributed by atoms with Gasteiger partial charge in [0.1, 0.15) is 5.78 Å². The van der Waals surface area contributed by atoms with Crippen LogP contribution in [0.3, 0.4) is 0 Å². The zero-order valence-electron chi connectivity index (χ0n) is 3.74. The van der Waals surface area contributed by atoms with Gasteiger partial charge in [-0.15, -0.1) is 0 Å². The topological polar surface area (TPSA) is 17.1 Å². The van der Waals surface area contributed by atoms with Gasteiger partial charge < -0.3 is 0 Å². The number of hydrogen-bond acceptors (Lipinski definition) is 1. The van der Waals surface area contributed by atoms with Gasteiger partial charge in [0.15, 0.2) is 0 Å². The molecule has 0 saturated heterocycles. The van der Waals surface area contributed by atoms with E-state index in [1.165, 1.54) is 0 Å². The Bertz CT molecular complexity index is 62.5. The standard InChI is InChI=1S/C5H8O.Na.H/c6-5-3-1-2-4-5;;/h1-4H2;;. The fraction of sp³-hybridized carbons (Fsp3) is 0.800. The molecule has 1 nitrogen and oxygen atoms in total. The van der Waals surface area contributed by atoms with Crippen molar-refractivity contribution in [2.45, 2.75) is 25.7 Å². The molecule has 0 radical (unpaired) electrons. The van der Waals surface area contributed by atoms with Gasteiger partial charge in [0.2, 0.25) is 0 Å². The first-order chi connectivity index (χ1) is 2.89. The SMILES string of the molecule is O=C1CCCC1.[NaH]. The summed E-state index contributed by atoms with van der Waals surface area (Å²) in [5.41, 5.74) is 0. The Morgan fingerprint density at radius 1 is 1.14 bits per heavy atom. The van der Waals surface area contributed by atoms with Gasteiger partial charge in [0.05, 0.1) is 0 Å². The minimum absolute atomic E-state index is 0. The van der Waals surface area contributed by atoms with Gasteiger partial charge in [-0.3, -0.25) is 4.79 Å². The van der Waals surface area contributed by atoms with E-state index in [2.05, 4.69) is 0 Å². The maximum atomic E-state index is 10.2. The minimum atomic E-state index is 0. The Morgan fingerprint density at radius 3 is 1.71 bits per heavy atom. The van der Waals surface area contributed by atoms with E-state index in [0.717, 1.165) is 25.7 Å². The first-order valence-electron chi connectivity index (χ1n) is 2.41. The van der Waals surface area contributed by atoms with E-state index < -0.39 is 0 Å². The molecule has 1 aliphatic rings. The summed E-state index contributed by atoms with van der Waals surface area (Å²) in [6.07, 6.45) is 3.97. The predicted molar refractivity (Wildman–Crippen MR) is 30.6 cm³/mol. The van der Waals surface area contributed by atoms with E-state index in [0.29, 0.717) is 5.78 Å². The molecule has 36 valence electrons. The molecule has 0 aliphatic heterocycles. The number of carbonyl (C=O) groups is 1. The monoisotopic (exact) mass is 108 g/mol.